The molecule has 0 spiro atoms. The number of carbonyl (C=O) groups is 4. The van der Waals surface area contributed by atoms with Crippen LogP contribution in [0.2, 0.25) is 0 Å². The predicted molar refractivity (Wildman–Crippen MR) is 278 cm³/mol. The molecular weight excluding hydrogens is 912 g/mol. The standard InChI is InChI=1S/C56H67FN10O5/c1-34-26-40(28-44(57)51(34)39-15-21-63(22-16-39)36(3)48-30-42-45(12-18-59-52(42)61(48)7)66-23-17-41(58-6)29-50(66)69)54(71)64-19-13-37(14-20-64)33-65-25-24-62(31-35(65)2)32-38-8-9-46-43(27-38)56(4,5)55(72)67(46)47-10-11-49(68)60-53(47)70/h8-9,12,15,17-18,23,26-30,35-37,47,58H,10-11,13-14,16,19-22,24-25,31-33H2,1-7H3,(H,60,68,70)/t35-,36-,47?/m0/s1. The molecule has 0 saturated carbocycles. The Bertz CT molecular complexity index is 3050. The normalized spacial score (nSPS) is 21.8. The Morgan fingerprint density at radius 1 is 0.944 bits per heavy atom. The second kappa shape index (κ2) is 19.5. The molecule has 3 aromatic heterocycles. The van der Waals surface area contributed by atoms with Crippen LogP contribution in [-0.4, -0.2) is 129 Å². The number of benzene rings is 2. The molecule has 0 aliphatic carbocycles. The molecule has 3 fully saturated rings. The first kappa shape index (κ1) is 49.1. The van der Waals surface area contributed by atoms with E-state index in [4.69, 9.17) is 0 Å². The fourth-order valence-corrected chi connectivity index (χ4v) is 12.1. The van der Waals surface area contributed by atoms with Crippen molar-refractivity contribution < 1.29 is 23.6 Å². The smallest absolute Gasteiger partial charge is 0.257 e. The molecule has 378 valence electrons. The van der Waals surface area contributed by atoms with Gasteiger partial charge in [-0.25, -0.2) is 9.37 Å². The zero-order chi connectivity index (χ0) is 50.7. The molecule has 2 N–H and O–H groups in total. The van der Waals surface area contributed by atoms with E-state index in [1.807, 2.05) is 57.0 Å². The summed E-state index contributed by atoms with van der Waals surface area (Å²) in [7, 11) is 3.79. The Hall–Kier alpha value is -6.49. The van der Waals surface area contributed by atoms with Crippen molar-refractivity contribution >= 4 is 51.6 Å². The van der Waals surface area contributed by atoms with E-state index in [-0.39, 0.29) is 41.6 Å². The Balaban J connectivity index is 0.716. The van der Waals surface area contributed by atoms with Gasteiger partial charge in [-0.15, -0.1) is 0 Å². The molecule has 10 rings (SSSR count). The van der Waals surface area contributed by atoms with Crippen molar-refractivity contribution in [2.45, 2.75) is 96.8 Å². The Labute approximate surface area is 420 Å². The van der Waals surface area contributed by atoms with E-state index in [1.54, 1.807) is 35.0 Å². The number of rotatable bonds is 11. The van der Waals surface area contributed by atoms with E-state index in [2.05, 4.69) is 73.0 Å². The average Bonchev–Trinajstić information content (AvgIpc) is 3.80. The van der Waals surface area contributed by atoms with Crippen molar-refractivity contribution in [2.75, 3.05) is 69.6 Å². The molecule has 0 bridgehead atoms. The molecule has 72 heavy (non-hydrogen) atoms. The minimum Gasteiger partial charge on any atom is -0.388 e. The maximum Gasteiger partial charge on any atom is 0.257 e. The lowest BCUT2D eigenvalue weighted by molar-refractivity contribution is -0.136. The molecule has 8 heterocycles. The van der Waals surface area contributed by atoms with E-state index in [0.29, 0.717) is 55.6 Å². The quantitative estimate of drug-likeness (QED) is 0.140. The third-order valence-electron chi connectivity index (χ3n) is 16.4. The number of pyridine rings is 2. The molecule has 1 unspecified atom stereocenters. The molecular formula is C56H67FN10O5. The number of anilines is 2. The highest BCUT2D eigenvalue weighted by Gasteiger charge is 2.49. The van der Waals surface area contributed by atoms with Gasteiger partial charge >= 0.3 is 0 Å². The second-order valence-electron chi connectivity index (χ2n) is 21.3. The van der Waals surface area contributed by atoms with E-state index in [1.165, 1.54) is 6.07 Å². The molecule has 5 aliphatic rings. The summed E-state index contributed by atoms with van der Waals surface area (Å²) in [5.74, 6) is -0.831. The van der Waals surface area contributed by atoms with Gasteiger partial charge in [0.2, 0.25) is 17.7 Å². The van der Waals surface area contributed by atoms with E-state index < -0.39 is 17.4 Å². The maximum absolute atomic E-state index is 16.2. The molecule has 5 aliphatic heterocycles. The third-order valence-corrected chi connectivity index (χ3v) is 16.4. The summed E-state index contributed by atoms with van der Waals surface area (Å²) in [6.07, 6.45) is 8.65. The zero-order valence-electron chi connectivity index (χ0n) is 42.6. The van der Waals surface area contributed by atoms with Gasteiger partial charge in [0.05, 0.1) is 11.1 Å². The average molecular weight is 979 g/mol. The van der Waals surface area contributed by atoms with Gasteiger partial charge in [0.25, 0.3) is 11.5 Å². The largest absolute Gasteiger partial charge is 0.388 e. The number of aromatic nitrogens is 3. The SMILES string of the molecule is CNc1ccn(-c2ccnc3c2cc([C@H](C)N2CC=C(c4c(C)cc(C(=O)N5CCC(CN6CCN(Cc7ccc8c(c7)C(C)(C)C(=O)N8C7CCC(=O)NC7=O)C[C@@H]6C)CC5)cc4F)CC2)n3C)c(=O)c1. The number of fused-ring (bicyclic) bond motifs is 2. The van der Waals surface area contributed by atoms with Gasteiger partial charge in [-0.1, -0.05) is 18.2 Å². The number of piperidine rings is 2. The number of hydrogen-bond acceptors (Lipinski definition) is 10. The van der Waals surface area contributed by atoms with E-state index in [9.17, 15) is 24.0 Å². The van der Waals surface area contributed by atoms with Gasteiger partial charge in [0.1, 0.15) is 17.5 Å². The number of likely N-dealkylation sites (tertiary alicyclic amines) is 1. The minimum atomic E-state index is -0.782. The molecule has 3 atom stereocenters. The van der Waals surface area contributed by atoms with Gasteiger partial charge in [-0.3, -0.25) is 53.5 Å². The minimum absolute atomic E-state index is 0.0302. The summed E-state index contributed by atoms with van der Waals surface area (Å²) in [6.45, 7) is 17.4. The number of hydrogen-bond donors (Lipinski definition) is 2. The number of carbonyl (C=O) groups excluding carboxylic acids is 4. The van der Waals surface area contributed by atoms with Crippen LogP contribution in [0.1, 0.15) is 104 Å². The van der Waals surface area contributed by atoms with E-state index >= 15 is 4.39 Å². The number of amides is 4. The lowest BCUT2D eigenvalue weighted by Crippen LogP contribution is -2.55. The zero-order valence-corrected chi connectivity index (χ0v) is 42.6. The van der Waals surface area contributed by atoms with Crippen LogP contribution in [0.15, 0.2) is 77.9 Å². The van der Waals surface area contributed by atoms with Crippen LogP contribution in [-0.2, 0) is 33.4 Å². The Morgan fingerprint density at radius 2 is 1.74 bits per heavy atom. The van der Waals surface area contributed by atoms with Gasteiger partial charge in [0.15, 0.2) is 0 Å². The molecule has 5 aromatic rings. The molecule has 3 saturated heterocycles. The van der Waals surface area contributed by atoms with Crippen LogP contribution in [0.5, 0.6) is 0 Å². The Kier molecular flexibility index (Phi) is 13.3. The van der Waals surface area contributed by atoms with Crippen molar-refractivity contribution in [3.63, 3.8) is 0 Å². The van der Waals surface area contributed by atoms with Crippen LogP contribution >= 0.6 is 0 Å². The number of nitrogens with zero attached hydrogens (tertiary/aromatic N) is 8. The lowest BCUT2D eigenvalue weighted by atomic mass is 9.85. The molecule has 16 heteroatoms. The third kappa shape index (κ3) is 9.06. The predicted octanol–water partition coefficient (Wildman–Crippen LogP) is 6.55. The second-order valence-corrected chi connectivity index (χ2v) is 21.3. The highest BCUT2D eigenvalue weighted by Crippen LogP contribution is 2.44. The number of piperazine rings is 1. The molecule has 0 radical (unpaired) electrons. The summed E-state index contributed by atoms with van der Waals surface area (Å²) in [5.41, 5.74) is 8.00. The first-order valence-corrected chi connectivity index (χ1v) is 25.7. The van der Waals surface area contributed by atoms with Crippen molar-refractivity contribution in [2.24, 2.45) is 13.0 Å². The van der Waals surface area contributed by atoms with Crippen molar-refractivity contribution in [1.29, 1.82) is 0 Å². The molecule has 2 aromatic carbocycles. The van der Waals surface area contributed by atoms with Gasteiger partial charge < -0.3 is 14.8 Å². The fourth-order valence-electron chi connectivity index (χ4n) is 12.1. The monoisotopic (exact) mass is 979 g/mol. The highest BCUT2D eigenvalue weighted by atomic mass is 19.1. The van der Waals surface area contributed by atoms with Crippen LogP contribution in [0.4, 0.5) is 15.8 Å². The number of aryl methyl sites for hydroxylation is 2. The van der Waals surface area contributed by atoms with Crippen molar-refractivity contribution in [3.8, 4) is 5.69 Å². The number of nitrogens with one attached hydrogen (secondary N) is 2. The maximum atomic E-state index is 16.2. The van der Waals surface area contributed by atoms with Crippen LogP contribution < -0.4 is 21.1 Å². The van der Waals surface area contributed by atoms with E-state index in [0.717, 1.165) is 108 Å². The number of imide groups is 1. The van der Waals surface area contributed by atoms with Crippen molar-refractivity contribution in [3.05, 3.63) is 123 Å². The summed E-state index contributed by atoms with van der Waals surface area (Å²) in [6, 6.07) is 16.6. The van der Waals surface area contributed by atoms with Crippen LogP contribution in [0.3, 0.4) is 0 Å². The first-order chi connectivity index (χ1) is 34.5. The van der Waals surface area contributed by atoms with Gasteiger partial charge in [-0.05, 0) is 125 Å². The topological polar surface area (TPSA) is 148 Å². The van der Waals surface area contributed by atoms with Crippen molar-refractivity contribution in [1.82, 2.24) is 39.0 Å². The van der Waals surface area contributed by atoms with Gasteiger partial charge in [0, 0.05) is 144 Å². The Morgan fingerprint density at radius 3 is 2.43 bits per heavy atom. The van der Waals surface area contributed by atoms with Crippen LogP contribution in [0, 0.1) is 18.7 Å². The number of halogens is 1. The first-order valence-electron chi connectivity index (χ1n) is 25.7. The summed E-state index contributed by atoms with van der Waals surface area (Å²) < 4.78 is 19.9. The summed E-state index contributed by atoms with van der Waals surface area (Å²) in [4.78, 5) is 80.8. The summed E-state index contributed by atoms with van der Waals surface area (Å²) >= 11 is 0. The summed E-state index contributed by atoms with van der Waals surface area (Å²) in [5, 5.41) is 6.32. The fraction of sp³-hybridized carbons (Fsp3) is 0.464. The lowest BCUT2D eigenvalue weighted by Gasteiger charge is -2.42. The van der Waals surface area contributed by atoms with Gasteiger partial charge in [-0.2, -0.15) is 0 Å². The molecule has 15 nitrogen and oxygen atoms in total. The highest BCUT2D eigenvalue weighted by molar-refractivity contribution is 6.13. The molecule has 4 amide bonds. The van der Waals surface area contributed by atoms with Crippen LogP contribution in [0.25, 0.3) is 22.3 Å².